The number of nitrogens with two attached hydrogens (primary N) is 1. The fourth-order valence-corrected chi connectivity index (χ4v) is 2.90. The Morgan fingerprint density at radius 3 is 2.39 bits per heavy atom. The van der Waals surface area contributed by atoms with Gasteiger partial charge in [0.2, 0.25) is 0 Å². The summed E-state index contributed by atoms with van der Waals surface area (Å²) in [7, 11) is 0. The van der Waals surface area contributed by atoms with Crippen LogP contribution in [-0.4, -0.2) is 23.5 Å². The van der Waals surface area contributed by atoms with E-state index in [-0.39, 0.29) is 17.9 Å². The van der Waals surface area contributed by atoms with Gasteiger partial charge < -0.3 is 15.6 Å². The second-order valence-corrected chi connectivity index (χ2v) is 6.25. The maximum absolute atomic E-state index is 10.9. The summed E-state index contributed by atoms with van der Waals surface area (Å²) in [5.41, 5.74) is 6.09. The van der Waals surface area contributed by atoms with Crippen LogP contribution in [0.25, 0.3) is 0 Å². The lowest BCUT2D eigenvalue weighted by Crippen LogP contribution is -2.38. The Hall–Kier alpha value is -0.410. The Balaban J connectivity index is 2.35. The van der Waals surface area contributed by atoms with Crippen LogP contribution in [0, 0.1) is 17.8 Å². The van der Waals surface area contributed by atoms with Crippen molar-refractivity contribution in [1.82, 2.24) is 0 Å². The molecular weight excluding hydrogens is 226 g/mol. The van der Waals surface area contributed by atoms with Crippen LogP contribution in [0.4, 0.5) is 0 Å². The number of aldehydes is 1. The number of rotatable bonds is 7. The molecule has 106 valence electrons. The number of carbonyl (C=O) groups excluding carboxylic acids is 1. The van der Waals surface area contributed by atoms with Crippen molar-refractivity contribution in [2.45, 2.75) is 70.9 Å². The van der Waals surface area contributed by atoms with E-state index in [4.69, 9.17) is 5.73 Å². The molecule has 1 fully saturated rings. The van der Waals surface area contributed by atoms with Crippen LogP contribution in [0.15, 0.2) is 0 Å². The summed E-state index contributed by atoms with van der Waals surface area (Å²) < 4.78 is 0. The van der Waals surface area contributed by atoms with Gasteiger partial charge in [0.1, 0.15) is 6.29 Å². The SMILES string of the molecule is CC(C)[C@@H](C=O)C[C@H](O)[C@@H](N)CC1CCCCC1. The molecule has 0 heterocycles. The number of carbonyl (C=O) groups is 1. The second kappa shape index (κ2) is 7.90. The third-order valence-corrected chi connectivity index (χ3v) is 4.37. The minimum absolute atomic E-state index is 0.0718. The van der Waals surface area contributed by atoms with Gasteiger partial charge in [0.15, 0.2) is 0 Å². The molecule has 0 aromatic heterocycles. The fourth-order valence-electron chi connectivity index (χ4n) is 2.90. The monoisotopic (exact) mass is 255 g/mol. The van der Waals surface area contributed by atoms with Gasteiger partial charge in [-0.05, 0) is 24.7 Å². The van der Waals surface area contributed by atoms with E-state index in [2.05, 4.69) is 0 Å². The van der Waals surface area contributed by atoms with Gasteiger partial charge in [-0.1, -0.05) is 46.0 Å². The Labute approximate surface area is 111 Å². The molecule has 0 radical (unpaired) electrons. The molecule has 1 aliphatic carbocycles. The molecule has 1 saturated carbocycles. The normalized spacial score (nSPS) is 22.7. The largest absolute Gasteiger partial charge is 0.391 e. The van der Waals surface area contributed by atoms with Gasteiger partial charge in [0, 0.05) is 12.0 Å². The first-order chi connectivity index (χ1) is 8.54. The molecular formula is C15H29NO2. The van der Waals surface area contributed by atoms with Crippen LogP contribution in [0.3, 0.4) is 0 Å². The Bertz CT molecular complexity index is 237. The standard InChI is InChI=1S/C15H29NO2/c1-11(2)13(10-17)9-15(18)14(16)8-12-6-4-3-5-7-12/h10-15,18H,3-9,16H2,1-2H3/t13-,14+,15+/m1/s1. The molecule has 3 nitrogen and oxygen atoms in total. The smallest absolute Gasteiger partial charge is 0.123 e. The number of aliphatic hydroxyl groups is 1. The Morgan fingerprint density at radius 1 is 1.28 bits per heavy atom. The van der Waals surface area contributed by atoms with Gasteiger partial charge in [-0.3, -0.25) is 0 Å². The van der Waals surface area contributed by atoms with E-state index >= 15 is 0 Å². The summed E-state index contributed by atoms with van der Waals surface area (Å²) >= 11 is 0. The van der Waals surface area contributed by atoms with Crippen molar-refractivity contribution in [3.8, 4) is 0 Å². The number of hydrogen-bond acceptors (Lipinski definition) is 3. The van der Waals surface area contributed by atoms with Crippen LogP contribution >= 0.6 is 0 Å². The topological polar surface area (TPSA) is 63.3 Å². The van der Waals surface area contributed by atoms with Gasteiger partial charge >= 0.3 is 0 Å². The highest BCUT2D eigenvalue weighted by Gasteiger charge is 2.25. The molecule has 0 bridgehead atoms. The minimum atomic E-state index is -0.537. The third-order valence-electron chi connectivity index (χ3n) is 4.37. The minimum Gasteiger partial charge on any atom is -0.391 e. The fraction of sp³-hybridized carbons (Fsp3) is 0.933. The molecule has 0 spiro atoms. The molecule has 0 unspecified atom stereocenters. The molecule has 0 saturated heterocycles. The lowest BCUT2D eigenvalue weighted by Gasteiger charge is -2.28. The van der Waals surface area contributed by atoms with Crippen molar-refractivity contribution >= 4 is 6.29 Å². The summed E-state index contributed by atoms with van der Waals surface area (Å²) in [6.07, 6.45) is 8.29. The molecule has 1 aliphatic rings. The van der Waals surface area contributed by atoms with Crippen LogP contribution in [0.5, 0.6) is 0 Å². The van der Waals surface area contributed by atoms with E-state index in [1.54, 1.807) is 0 Å². The molecule has 1 rings (SSSR count). The van der Waals surface area contributed by atoms with Crippen LogP contribution < -0.4 is 5.73 Å². The van der Waals surface area contributed by atoms with Crippen molar-refractivity contribution < 1.29 is 9.90 Å². The maximum Gasteiger partial charge on any atom is 0.123 e. The summed E-state index contributed by atoms with van der Waals surface area (Å²) in [6.45, 7) is 4.02. The summed E-state index contributed by atoms with van der Waals surface area (Å²) in [6, 6.07) is -0.172. The molecule has 18 heavy (non-hydrogen) atoms. The molecule has 0 aromatic carbocycles. The highest BCUT2D eigenvalue weighted by atomic mass is 16.3. The van der Waals surface area contributed by atoms with E-state index in [9.17, 15) is 9.90 Å². The number of hydrogen-bond donors (Lipinski definition) is 2. The zero-order valence-corrected chi connectivity index (χ0v) is 11.8. The van der Waals surface area contributed by atoms with Gasteiger partial charge in [-0.25, -0.2) is 0 Å². The van der Waals surface area contributed by atoms with Crippen molar-refractivity contribution in [2.75, 3.05) is 0 Å². The van der Waals surface area contributed by atoms with Gasteiger partial charge in [0.25, 0.3) is 0 Å². The van der Waals surface area contributed by atoms with Gasteiger partial charge in [-0.15, -0.1) is 0 Å². The summed E-state index contributed by atoms with van der Waals surface area (Å²) in [5, 5.41) is 10.1. The molecule has 3 N–H and O–H groups in total. The van der Waals surface area contributed by atoms with Crippen molar-refractivity contribution in [1.29, 1.82) is 0 Å². The van der Waals surface area contributed by atoms with Crippen molar-refractivity contribution in [3.05, 3.63) is 0 Å². The Morgan fingerprint density at radius 2 is 1.89 bits per heavy atom. The number of aliphatic hydroxyl groups excluding tert-OH is 1. The van der Waals surface area contributed by atoms with Gasteiger partial charge in [0.05, 0.1) is 6.10 Å². The van der Waals surface area contributed by atoms with Crippen molar-refractivity contribution in [2.24, 2.45) is 23.5 Å². The molecule has 0 aliphatic heterocycles. The first-order valence-corrected chi connectivity index (χ1v) is 7.43. The van der Waals surface area contributed by atoms with Crippen LogP contribution in [0.1, 0.15) is 58.8 Å². The van der Waals surface area contributed by atoms with Crippen LogP contribution in [0.2, 0.25) is 0 Å². The van der Waals surface area contributed by atoms with Crippen LogP contribution in [-0.2, 0) is 4.79 Å². The molecule has 0 aromatic rings. The average molecular weight is 255 g/mol. The highest BCUT2D eigenvalue weighted by molar-refractivity contribution is 5.53. The first kappa shape index (κ1) is 15.6. The maximum atomic E-state index is 10.9. The van der Waals surface area contributed by atoms with Gasteiger partial charge in [-0.2, -0.15) is 0 Å². The first-order valence-electron chi connectivity index (χ1n) is 7.43. The average Bonchev–Trinajstić information content (AvgIpc) is 2.36. The lowest BCUT2D eigenvalue weighted by atomic mass is 9.82. The van der Waals surface area contributed by atoms with E-state index in [1.165, 1.54) is 32.1 Å². The molecule has 0 amide bonds. The summed E-state index contributed by atoms with van der Waals surface area (Å²) in [5.74, 6) is 0.883. The predicted molar refractivity (Wildman–Crippen MR) is 74.2 cm³/mol. The zero-order chi connectivity index (χ0) is 13.5. The summed E-state index contributed by atoms with van der Waals surface area (Å²) in [4.78, 5) is 10.9. The molecule has 3 atom stereocenters. The van der Waals surface area contributed by atoms with E-state index in [0.717, 1.165) is 12.7 Å². The molecule has 3 heteroatoms. The third kappa shape index (κ3) is 5.07. The van der Waals surface area contributed by atoms with Crippen molar-refractivity contribution in [3.63, 3.8) is 0 Å². The van der Waals surface area contributed by atoms with E-state index in [1.807, 2.05) is 13.8 Å². The second-order valence-electron chi connectivity index (χ2n) is 6.25. The Kier molecular flexibility index (Phi) is 6.87. The zero-order valence-electron chi connectivity index (χ0n) is 11.8. The quantitative estimate of drug-likeness (QED) is 0.687. The lowest BCUT2D eigenvalue weighted by molar-refractivity contribution is -0.113. The predicted octanol–water partition coefficient (Wildman–Crippen LogP) is 2.51. The highest BCUT2D eigenvalue weighted by Crippen LogP contribution is 2.28. The van der Waals surface area contributed by atoms with E-state index in [0.29, 0.717) is 12.3 Å². The van der Waals surface area contributed by atoms with E-state index < -0.39 is 6.10 Å².